The maximum Gasteiger partial charge on any atom is 0.453 e. The van der Waals surface area contributed by atoms with Crippen molar-refractivity contribution in [2.24, 2.45) is 0 Å². The predicted octanol–water partition coefficient (Wildman–Crippen LogP) is 3.70. The van der Waals surface area contributed by atoms with Gasteiger partial charge < -0.3 is 5.73 Å². The Bertz CT molecular complexity index is 830. The maximum atomic E-state index is 12.6. The second-order valence-electron chi connectivity index (χ2n) is 4.75. The highest BCUT2D eigenvalue weighted by Crippen LogP contribution is 2.28. The zero-order valence-corrected chi connectivity index (χ0v) is 15.5. The van der Waals surface area contributed by atoms with Crippen LogP contribution in [-0.4, -0.2) is 23.2 Å². The second-order valence-corrected chi connectivity index (χ2v) is 8.42. The van der Waals surface area contributed by atoms with Gasteiger partial charge in [-0.25, -0.2) is 0 Å². The molecule has 0 fully saturated rings. The Balaban J connectivity index is 0.000000550. The topological polar surface area (TPSA) is 90.9 Å². The van der Waals surface area contributed by atoms with Crippen LogP contribution in [0.2, 0.25) is 0 Å². The highest BCUT2D eigenvalue weighted by atomic mass is 36.0. The summed E-state index contributed by atoms with van der Waals surface area (Å²) in [6.45, 7) is 3.94. The van der Waals surface area contributed by atoms with E-state index in [2.05, 4.69) is 31.4 Å². The average molecular weight is 419 g/mol. The third-order valence-electron chi connectivity index (χ3n) is 3.05. The molecule has 0 aliphatic heterocycles. The van der Waals surface area contributed by atoms with Gasteiger partial charge in [-0.3, -0.25) is 0 Å². The Kier molecular flexibility index (Phi) is 7.09. The van der Waals surface area contributed by atoms with E-state index in [4.69, 9.17) is 14.2 Å². The van der Waals surface area contributed by atoms with Gasteiger partial charge in [-0.2, -0.15) is 31.3 Å². The third-order valence-corrected chi connectivity index (χ3v) is 3.05. The molecule has 0 aliphatic carbocycles. The molecule has 2 N–H and O–H groups in total. The first kappa shape index (κ1) is 21.5. The van der Waals surface area contributed by atoms with Gasteiger partial charge in [0, 0.05) is 21.4 Å². The quantitative estimate of drug-likeness (QED) is 0.767. The molecule has 1 heterocycles. The van der Waals surface area contributed by atoms with Crippen LogP contribution in [-0.2, 0) is 27.3 Å². The molecule has 0 saturated heterocycles. The smallest absolute Gasteiger partial charge is 0.368 e. The molecule has 0 aliphatic rings. The molecule has 0 radical (unpaired) electrons. The number of nitrogens with two attached hydrogens (primary N) is 1. The van der Waals surface area contributed by atoms with E-state index in [0.29, 0.717) is 12.1 Å². The van der Waals surface area contributed by atoms with Crippen LogP contribution in [0, 0.1) is 0 Å². The lowest BCUT2D eigenvalue weighted by Gasteiger charge is -2.10. The van der Waals surface area contributed by atoms with E-state index in [-0.39, 0.29) is 5.95 Å². The zero-order chi connectivity index (χ0) is 19.4. The first-order valence-electron chi connectivity index (χ1n) is 6.92. The fourth-order valence-corrected chi connectivity index (χ4v) is 1.97. The van der Waals surface area contributed by atoms with Gasteiger partial charge in [-0.15, -0.1) is 5.10 Å². The van der Waals surface area contributed by atoms with Gasteiger partial charge in [0.25, 0.3) is 5.82 Å². The van der Waals surface area contributed by atoms with E-state index in [1.807, 2.05) is 26.0 Å². The van der Waals surface area contributed by atoms with Gasteiger partial charge in [0.1, 0.15) is 0 Å². The molecule has 25 heavy (non-hydrogen) atoms. The van der Waals surface area contributed by atoms with Crippen molar-refractivity contribution in [3.8, 4) is 5.69 Å². The minimum absolute atomic E-state index is 0.267. The Morgan fingerprint density at radius 1 is 1.20 bits per heavy atom. The molecule has 0 spiro atoms. The van der Waals surface area contributed by atoms with Crippen LogP contribution in [0.25, 0.3) is 5.69 Å². The summed E-state index contributed by atoms with van der Waals surface area (Å²) in [5, 5.41) is 3.47. The number of rotatable bonds is 3. The van der Waals surface area contributed by atoms with Gasteiger partial charge in [-0.1, -0.05) is 26.0 Å². The van der Waals surface area contributed by atoms with E-state index in [9.17, 15) is 13.2 Å². The lowest BCUT2D eigenvalue weighted by molar-refractivity contribution is -0.144. The van der Waals surface area contributed by atoms with Crippen LogP contribution in [0.1, 0.15) is 30.8 Å². The summed E-state index contributed by atoms with van der Waals surface area (Å²) >= 11 is 0. The summed E-state index contributed by atoms with van der Waals surface area (Å²) in [6.07, 6.45) is -3.08. The highest BCUT2D eigenvalue weighted by molar-refractivity contribution is 8.31. The molecule has 0 saturated carbocycles. The van der Waals surface area contributed by atoms with Gasteiger partial charge >= 0.3 is 14.4 Å². The van der Waals surface area contributed by atoms with Gasteiger partial charge in [0.05, 0.1) is 5.69 Å². The van der Waals surface area contributed by atoms with Crippen molar-refractivity contribution in [3.05, 3.63) is 35.2 Å². The molecule has 0 unspecified atom stereocenters. The summed E-state index contributed by atoms with van der Waals surface area (Å²) < 4.78 is 57.2. The van der Waals surface area contributed by atoms with E-state index < -0.39 is 20.3 Å². The number of aryl methyl sites for hydroxylation is 2. The van der Waals surface area contributed by atoms with Gasteiger partial charge in [0.2, 0.25) is 5.95 Å². The Labute approximate surface area is 151 Å². The fourth-order valence-electron chi connectivity index (χ4n) is 1.97. The zero-order valence-electron chi connectivity index (χ0n) is 13.2. The molecule has 6 nitrogen and oxygen atoms in total. The molecule has 0 bridgehead atoms. The number of alkyl halides is 3. The summed E-state index contributed by atoms with van der Waals surface area (Å²) in [7, 11) is 4.81. The Morgan fingerprint density at radius 3 is 2.16 bits per heavy atom. The van der Waals surface area contributed by atoms with Crippen LogP contribution >= 0.6 is 21.4 Å². The van der Waals surface area contributed by atoms with E-state index in [0.717, 1.165) is 22.2 Å². The number of hydrogen-bond donors (Lipinski definition) is 1. The molecule has 140 valence electrons. The van der Waals surface area contributed by atoms with Crippen LogP contribution < -0.4 is 5.73 Å². The van der Waals surface area contributed by atoms with Crippen molar-refractivity contribution in [2.75, 3.05) is 5.73 Å². The molecule has 0 atom stereocenters. The first-order valence-corrected chi connectivity index (χ1v) is 10.1. The molecule has 0 amide bonds. The fraction of sp³-hybridized carbons (Fsp3) is 0.385. The molecule has 2 rings (SSSR count). The Hall–Kier alpha value is -1.52. The number of nitrogens with zero attached hydrogens (tertiary/aromatic N) is 3. The maximum absolute atomic E-state index is 12.6. The van der Waals surface area contributed by atoms with Gasteiger partial charge in [-0.05, 0) is 30.0 Å². The van der Waals surface area contributed by atoms with E-state index >= 15 is 0 Å². The molecule has 2 aromatic rings. The lowest BCUT2D eigenvalue weighted by Crippen LogP contribution is -2.09. The monoisotopic (exact) mass is 418 g/mol. The SMILES string of the molecule is CCc1ccc(-n2nc(C(F)(F)F)nc2N)c(CC)c1.O=S(=O)(Cl)Cl. The number of hydrogen-bond acceptors (Lipinski definition) is 5. The number of aromatic nitrogens is 3. The van der Waals surface area contributed by atoms with Crippen LogP contribution in [0.3, 0.4) is 0 Å². The second kappa shape index (κ2) is 8.24. The normalized spacial score (nSPS) is 11.8. The van der Waals surface area contributed by atoms with Crippen LogP contribution in [0.4, 0.5) is 19.1 Å². The summed E-state index contributed by atoms with van der Waals surface area (Å²) in [6, 6.07) is 5.52. The molecule has 12 heteroatoms. The van der Waals surface area contributed by atoms with Crippen LogP contribution in [0.15, 0.2) is 18.2 Å². The van der Waals surface area contributed by atoms with E-state index in [1.165, 1.54) is 0 Å². The van der Waals surface area contributed by atoms with Crippen molar-refractivity contribution < 1.29 is 21.6 Å². The predicted molar refractivity (Wildman–Crippen MR) is 90.2 cm³/mol. The number of halogens is 5. The Morgan fingerprint density at radius 2 is 1.76 bits per heavy atom. The van der Waals surface area contributed by atoms with E-state index in [1.54, 1.807) is 6.07 Å². The first-order chi connectivity index (χ1) is 11.4. The number of benzene rings is 1. The summed E-state index contributed by atoms with van der Waals surface area (Å²) in [4.78, 5) is 3.28. The molecular formula is C13H15Cl2F3N4O2S. The largest absolute Gasteiger partial charge is 0.453 e. The molecular weight excluding hydrogens is 404 g/mol. The summed E-state index contributed by atoms with van der Waals surface area (Å²) in [5.41, 5.74) is 8.08. The average Bonchev–Trinajstić information content (AvgIpc) is 2.86. The summed E-state index contributed by atoms with van der Waals surface area (Å²) in [5.74, 6) is -1.49. The molecule has 1 aromatic heterocycles. The van der Waals surface area contributed by atoms with Crippen molar-refractivity contribution in [3.63, 3.8) is 0 Å². The number of nitrogen functional groups attached to an aromatic ring is 1. The highest BCUT2D eigenvalue weighted by Gasteiger charge is 2.37. The van der Waals surface area contributed by atoms with Crippen molar-refractivity contribution in [2.45, 2.75) is 32.9 Å². The standard InChI is InChI=1S/C13H15F3N4.Cl2O2S/c1-3-8-5-6-10(9(4-2)7-8)20-12(17)18-11(19-20)13(14,15)16;1-5(2,3)4/h5-7H,3-4H2,1-2H3,(H2,17,18,19);. The minimum Gasteiger partial charge on any atom is -0.368 e. The third kappa shape index (κ3) is 6.71. The number of anilines is 1. The van der Waals surface area contributed by atoms with Crippen molar-refractivity contribution in [1.82, 2.24) is 14.8 Å². The van der Waals surface area contributed by atoms with Crippen molar-refractivity contribution in [1.29, 1.82) is 0 Å². The van der Waals surface area contributed by atoms with Crippen LogP contribution in [0.5, 0.6) is 0 Å². The van der Waals surface area contributed by atoms with Crippen molar-refractivity contribution >= 4 is 35.6 Å². The molecule has 1 aromatic carbocycles. The lowest BCUT2D eigenvalue weighted by atomic mass is 10.0. The minimum atomic E-state index is -4.60. The van der Waals surface area contributed by atoms with Gasteiger partial charge in [0.15, 0.2) is 0 Å².